The van der Waals surface area contributed by atoms with Crippen LogP contribution < -0.4 is 26.3 Å². The van der Waals surface area contributed by atoms with E-state index in [1.165, 1.54) is 15.9 Å². The summed E-state index contributed by atoms with van der Waals surface area (Å²) in [6.07, 6.45) is 0. The molecule has 5 N–H and O–H groups in total. The van der Waals surface area contributed by atoms with E-state index in [1.807, 2.05) is 72.8 Å². The molecule has 0 aromatic heterocycles. The number of anilines is 1. The zero-order valence-corrected chi connectivity index (χ0v) is 30.1. The van der Waals surface area contributed by atoms with Crippen molar-refractivity contribution in [1.82, 2.24) is 4.58 Å². The summed E-state index contributed by atoms with van der Waals surface area (Å²) in [6, 6.07) is 39.1. The Bertz CT molecular complexity index is 2190. The highest BCUT2D eigenvalue weighted by molar-refractivity contribution is 7.99. The summed E-state index contributed by atoms with van der Waals surface area (Å²) >= 11 is 3.58. The molecule has 0 unspecified atom stereocenters. The van der Waals surface area contributed by atoms with Crippen molar-refractivity contribution in [3.05, 3.63) is 127 Å². The summed E-state index contributed by atoms with van der Waals surface area (Å²) in [4.78, 5) is 4.50. The van der Waals surface area contributed by atoms with Crippen molar-refractivity contribution in [3.8, 4) is 22.5 Å². The van der Waals surface area contributed by atoms with Gasteiger partial charge >= 0.3 is 0 Å². The lowest BCUT2D eigenvalue weighted by atomic mass is 9.93. The van der Waals surface area contributed by atoms with Crippen LogP contribution in [-0.2, 0) is 10.1 Å². The Balaban J connectivity index is 1.46. The van der Waals surface area contributed by atoms with Crippen molar-refractivity contribution in [2.45, 2.75) is 14.7 Å². The Morgan fingerprint density at radius 2 is 1.38 bits per heavy atom. The molecule has 4 aromatic carbocycles. The van der Waals surface area contributed by atoms with Crippen LogP contribution in [0.15, 0.2) is 140 Å². The van der Waals surface area contributed by atoms with Crippen molar-refractivity contribution < 1.29 is 17.4 Å². The molecule has 11 heteroatoms. The Hall–Kier alpha value is -4.10. The van der Waals surface area contributed by atoms with E-state index in [1.54, 1.807) is 41.7 Å². The molecule has 0 saturated heterocycles. The molecule has 0 saturated carbocycles. The van der Waals surface area contributed by atoms with Crippen LogP contribution in [0.2, 0.25) is 0 Å². The predicted octanol–water partition coefficient (Wildman–Crippen LogP) is 6.53. The topological polar surface area (TPSA) is 126 Å². The second-order valence-electron chi connectivity index (χ2n) is 11.7. The van der Waals surface area contributed by atoms with Gasteiger partial charge in [0.25, 0.3) is 10.1 Å². The van der Waals surface area contributed by atoms with Gasteiger partial charge in [0, 0.05) is 75.1 Å². The molecule has 1 aliphatic heterocycles. The quantitative estimate of drug-likeness (QED) is 0.0469. The van der Waals surface area contributed by atoms with Gasteiger partial charge in [0.05, 0.1) is 18.4 Å². The first-order valence-electron chi connectivity index (χ1n) is 16.5. The fraction of sp³-hybridized carbons (Fsp3) is 0.205. The summed E-state index contributed by atoms with van der Waals surface area (Å²) in [5.41, 5.74) is 15.5. The highest BCUT2D eigenvalue weighted by Crippen LogP contribution is 2.43. The zero-order valence-electron chi connectivity index (χ0n) is 27.6. The molecular weight excluding hydrogens is 685 g/mol. The Labute approximate surface area is 301 Å². The molecule has 8 nitrogen and oxygen atoms in total. The third-order valence-corrected chi connectivity index (χ3v) is 11.3. The molecule has 2 aliphatic rings. The molecule has 0 amide bonds. The Kier molecular flexibility index (Phi) is 12.0. The smallest absolute Gasteiger partial charge is 0.295 e. The molecule has 0 spiro atoms. The first kappa shape index (κ1) is 35.7. The van der Waals surface area contributed by atoms with E-state index >= 15 is 0 Å². The summed E-state index contributed by atoms with van der Waals surface area (Å²) in [6.45, 7) is 3.83. The number of nitrogens with zero attached hydrogens (tertiary/aromatic N) is 2. The van der Waals surface area contributed by atoms with Crippen LogP contribution >= 0.6 is 23.5 Å². The van der Waals surface area contributed by atoms with E-state index in [0.717, 1.165) is 46.6 Å². The molecule has 0 atom stereocenters. The van der Waals surface area contributed by atoms with Gasteiger partial charge in [-0.05, 0) is 48.5 Å². The van der Waals surface area contributed by atoms with Crippen molar-refractivity contribution in [1.29, 1.82) is 0 Å². The maximum atomic E-state index is 12.6. The zero-order chi connectivity index (χ0) is 34.9. The van der Waals surface area contributed by atoms with Crippen LogP contribution in [0.4, 0.5) is 5.69 Å². The average Bonchev–Trinajstić information content (AvgIpc) is 3.13. The molecule has 258 valence electrons. The number of benzene rings is 5. The van der Waals surface area contributed by atoms with Crippen molar-refractivity contribution >= 4 is 50.3 Å². The van der Waals surface area contributed by atoms with E-state index in [-0.39, 0.29) is 4.90 Å². The maximum absolute atomic E-state index is 12.6. The lowest BCUT2D eigenvalue weighted by molar-refractivity contribution is 0.483. The third kappa shape index (κ3) is 8.60. The molecule has 6 rings (SSSR count). The maximum Gasteiger partial charge on any atom is 0.295 e. The fourth-order valence-corrected chi connectivity index (χ4v) is 8.57. The highest BCUT2D eigenvalue weighted by Gasteiger charge is 2.24. The summed E-state index contributed by atoms with van der Waals surface area (Å²) in [5, 5.41) is 1.68. The van der Waals surface area contributed by atoms with Gasteiger partial charge in [-0.15, -0.1) is 23.5 Å². The SMILES string of the molecule is NCCN(CCSc1ccccc1)c1ccc2c(-c3ccccc3S(=O)(=O)O)c3ccc(=[N+](CCN)CCSc4ccccc4)cc-3oc2c1. The molecule has 4 aromatic rings. The van der Waals surface area contributed by atoms with Gasteiger partial charge in [-0.1, -0.05) is 54.6 Å². The Morgan fingerprint density at radius 3 is 2.06 bits per heavy atom. The van der Waals surface area contributed by atoms with Crippen LogP contribution in [0.5, 0.6) is 0 Å². The van der Waals surface area contributed by atoms with Crippen molar-refractivity contribution in [3.63, 3.8) is 0 Å². The van der Waals surface area contributed by atoms with Crippen LogP contribution in [0, 0.1) is 0 Å². The van der Waals surface area contributed by atoms with Crippen LogP contribution in [0.25, 0.3) is 33.4 Å². The van der Waals surface area contributed by atoms with E-state index < -0.39 is 10.1 Å². The second-order valence-corrected chi connectivity index (χ2v) is 15.4. The Morgan fingerprint density at radius 1 is 0.700 bits per heavy atom. The standard InChI is InChI=1S/C39H40N4O4S3/c40-19-21-42(23-25-48-31-9-3-1-4-10-31)29-15-17-33-36(27-29)47-37-28-30(43(22-20-41)24-26-49-32-11-5-2-6-12-32)16-18-34(37)39(33)35-13-7-8-14-38(35)50(44,45)46/h1-18,27-28H,19-26,40-41H2/p+1. The van der Waals surface area contributed by atoms with Crippen LogP contribution in [-0.4, -0.2) is 63.7 Å². The lowest BCUT2D eigenvalue weighted by Crippen LogP contribution is -2.36. The van der Waals surface area contributed by atoms with Gasteiger partial charge < -0.3 is 20.8 Å². The van der Waals surface area contributed by atoms with Gasteiger partial charge in [-0.25, -0.2) is 4.58 Å². The monoisotopic (exact) mass is 725 g/mol. The van der Waals surface area contributed by atoms with Gasteiger partial charge in [-0.2, -0.15) is 8.42 Å². The molecule has 1 aliphatic carbocycles. The summed E-state index contributed by atoms with van der Waals surface area (Å²) in [5.74, 6) is 2.33. The summed E-state index contributed by atoms with van der Waals surface area (Å²) < 4.78 is 44.4. The molecule has 0 radical (unpaired) electrons. The number of nitrogens with two attached hydrogens (primary N) is 2. The predicted molar refractivity (Wildman–Crippen MR) is 208 cm³/mol. The fourth-order valence-electron chi connectivity index (χ4n) is 6.08. The van der Waals surface area contributed by atoms with Gasteiger partial charge in [0.15, 0.2) is 13.1 Å². The van der Waals surface area contributed by atoms with Crippen LogP contribution in [0.3, 0.4) is 0 Å². The molecule has 50 heavy (non-hydrogen) atoms. The van der Waals surface area contributed by atoms with Crippen molar-refractivity contribution in [2.75, 3.05) is 55.7 Å². The molecule has 1 heterocycles. The largest absolute Gasteiger partial charge is 0.456 e. The number of hydrogen-bond acceptors (Lipinski definition) is 8. The summed E-state index contributed by atoms with van der Waals surface area (Å²) in [7, 11) is -4.52. The molecule has 0 fully saturated rings. The number of fused-ring (bicyclic) bond motifs is 2. The van der Waals surface area contributed by atoms with Gasteiger partial charge in [0.1, 0.15) is 16.2 Å². The van der Waals surface area contributed by atoms with E-state index in [4.69, 9.17) is 15.9 Å². The normalized spacial score (nSPS) is 12.4. The highest BCUT2D eigenvalue weighted by atomic mass is 32.2. The third-order valence-electron chi connectivity index (χ3n) is 8.40. The number of thioether (sulfide) groups is 2. The van der Waals surface area contributed by atoms with Gasteiger partial charge in [0.2, 0.25) is 5.36 Å². The minimum absolute atomic E-state index is 0.160. The van der Waals surface area contributed by atoms with Gasteiger partial charge in [-0.3, -0.25) is 4.55 Å². The lowest BCUT2D eigenvalue weighted by Gasteiger charge is -2.25. The van der Waals surface area contributed by atoms with E-state index in [0.29, 0.717) is 48.6 Å². The number of rotatable bonds is 15. The molecular formula is C39H41N4O4S3+. The van der Waals surface area contributed by atoms with E-state index in [9.17, 15) is 13.0 Å². The molecule has 0 bridgehead atoms. The average molecular weight is 726 g/mol. The van der Waals surface area contributed by atoms with Crippen LogP contribution in [0.1, 0.15) is 0 Å². The minimum Gasteiger partial charge on any atom is -0.456 e. The van der Waals surface area contributed by atoms with E-state index in [2.05, 4.69) is 33.7 Å². The number of hydrogen-bond donors (Lipinski definition) is 3. The first-order chi connectivity index (χ1) is 24.4. The van der Waals surface area contributed by atoms with Crippen molar-refractivity contribution in [2.24, 2.45) is 11.5 Å². The minimum atomic E-state index is -4.52. The first-order valence-corrected chi connectivity index (χ1v) is 19.9. The second kappa shape index (κ2) is 16.7.